The van der Waals surface area contributed by atoms with Crippen molar-refractivity contribution in [2.45, 2.75) is 51.1 Å². The number of amides is 1. The van der Waals surface area contributed by atoms with Crippen LogP contribution in [0, 0.1) is 0 Å². The van der Waals surface area contributed by atoms with Crippen LogP contribution in [0.5, 0.6) is 0 Å². The molecule has 1 fully saturated rings. The van der Waals surface area contributed by atoms with Crippen molar-refractivity contribution in [1.82, 2.24) is 15.1 Å². The molecule has 1 aliphatic rings. The monoisotopic (exact) mass is 375 g/mol. The van der Waals surface area contributed by atoms with Gasteiger partial charge in [-0.1, -0.05) is 37.3 Å². The van der Waals surface area contributed by atoms with Crippen LogP contribution in [-0.4, -0.2) is 72.1 Å². The molecular weight excluding hydrogens is 342 g/mol. The standard InChI is InChI=1S/C21H33N3O3/c1-16(18-8-5-4-6-9-18)14-22-21(27)17(2)24-12-7-10-19(11-13-24)23(3)15-20(25)26/h4-6,8-9,16-17,19H,7,10-15H2,1-3H3,(H,22,27)(H,25,26). The van der Waals surface area contributed by atoms with Gasteiger partial charge in [-0.3, -0.25) is 19.4 Å². The number of hydrogen-bond donors (Lipinski definition) is 2. The van der Waals surface area contributed by atoms with E-state index in [0.717, 1.165) is 32.4 Å². The van der Waals surface area contributed by atoms with E-state index in [2.05, 4.69) is 29.3 Å². The number of carboxylic acid groups (broad SMARTS) is 1. The van der Waals surface area contributed by atoms with E-state index in [1.54, 1.807) is 0 Å². The van der Waals surface area contributed by atoms with E-state index >= 15 is 0 Å². The maximum atomic E-state index is 12.6. The molecular formula is C21H33N3O3. The van der Waals surface area contributed by atoms with Crippen molar-refractivity contribution in [2.75, 3.05) is 33.2 Å². The van der Waals surface area contributed by atoms with Crippen molar-refractivity contribution in [2.24, 2.45) is 0 Å². The molecule has 0 radical (unpaired) electrons. The minimum atomic E-state index is -0.793. The summed E-state index contributed by atoms with van der Waals surface area (Å²) in [5.74, 6) is -0.450. The van der Waals surface area contributed by atoms with Gasteiger partial charge in [-0.05, 0) is 51.3 Å². The van der Waals surface area contributed by atoms with Crippen LogP contribution in [-0.2, 0) is 9.59 Å². The number of aliphatic carboxylic acids is 1. The van der Waals surface area contributed by atoms with E-state index in [0.29, 0.717) is 6.54 Å². The Morgan fingerprint density at radius 2 is 1.93 bits per heavy atom. The van der Waals surface area contributed by atoms with Gasteiger partial charge in [0.15, 0.2) is 0 Å². The predicted molar refractivity (Wildman–Crippen MR) is 107 cm³/mol. The molecule has 1 aliphatic heterocycles. The molecule has 3 atom stereocenters. The summed E-state index contributed by atoms with van der Waals surface area (Å²) in [5.41, 5.74) is 1.23. The van der Waals surface area contributed by atoms with Gasteiger partial charge in [0.1, 0.15) is 0 Å². The fraction of sp³-hybridized carbons (Fsp3) is 0.619. The third kappa shape index (κ3) is 6.63. The molecule has 0 aliphatic carbocycles. The molecule has 3 unspecified atom stereocenters. The third-order valence-electron chi connectivity index (χ3n) is 5.62. The maximum absolute atomic E-state index is 12.6. The largest absolute Gasteiger partial charge is 0.480 e. The number of nitrogens with one attached hydrogen (secondary N) is 1. The molecule has 1 aromatic rings. The average Bonchev–Trinajstić information content (AvgIpc) is 2.91. The van der Waals surface area contributed by atoms with Gasteiger partial charge in [0.2, 0.25) is 5.91 Å². The van der Waals surface area contributed by atoms with Crippen LogP contribution in [0.3, 0.4) is 0 Å². The molecule has 1 heterocycles. The Kier molecular flexibility index (Phi) is 8.25. The van der Waals surface area contributed by atoms with Crippen molar-refractivity contribution in [1.29, 1.82) is 0 Å². The van der Waals surface area contributed by atoms with Crippen molar-refractivity contribution < 1.29 is 14.7 Å². The van der Waals surface area contributed by atoms with Crippen LogP contribution in [0.25, 0.3) is 0 Å². The van der Waals surface area contributed by atoms with Crippen molar-refractivity contribution in [3.8, 4) is 0 Å². The zero-order valence-corrected chi connectivity index (χ0v) is 16.7. The second-order valence-electron chi connectivity index (χ2n) is 7.66. The topological polar surface area (TPSA) is 72.9 Å². The molecule has 2 rings (SSSR count). The summed E-state index contributed by atoms with van der Waals surface area (Å²) in [4.78, 5) is 27.7. The van der Waals surface area contributed by atoms with E-state index in [-0.39, 0.29) is 30.5 Å². The fourth-order valence-electron chi connectivity index (χ4n) is 3.74. The highest BCUT2D eigenvalue weighted by molar-refractivity contribution is 5.81. The number of likely N-dealkylation sites (tertiary alicyclic amines) is 1. The summed E-state index contributed by atoms with van der Waals surface area (Å²) in [5, 5.41) is 12.1. The number of nitrogens with zero attached hydrogens (tertiary/aromatic N) is 2. The molecule has 0 bridgehead atoms. The lowest BCUT2D eigenvalue weighted by atomic mass is 10.0. The zero-order chi connectivity index (χ0) is 19.8. The van der Waals surface area contributed by atoms with Crippen LogP contribution in [0.4, 0.5) is 0 Å². The molecule has 1 saturated heterocycles. The summed E-state index contributed by atoms with van der Waals surface area (Å²) >= 11 is 0. The molecule has 150 valence electrons. The highest BCUT2D eigenvalue weighted by atomic mass is 16.4. The van der Waals surface area contributed by atoms with Crippen molar-refractivity contribution >= 4 is 11.9 Å². The Morgan fingerprint density at radius 3 is 2.59 bits per heavy atom. The number of hydrogen-bond acceptors (Lipinski definition) is 4. The number of benzene rings is 1. The maximum Gasteiger partial charge on any atom is 0.317 e. The Labute approximate surface area is 162 Å². The van der Waals surface area contributed by atoms with Gasteiger partial charge < -0.3 is 10.4 Å². The first-order valence-corrected chi connectivity index (χ1v) is 9.87. The van der Waals surface area contributed by atoms with Gasteiger partial charge in [-0.25, -0.2) is 0 Å². The molecule has 2 N–H and O–H groups in total. The summed E-state index contributed by atoms with van der Waals surface area (Å²) in [6, 6.07) is 10.3. The lowest BCUT2D eigenvalue weighted by Gasteiger charge is -2.28. The Bertz CT molecular complexity index is 608. The van der Waals surface area contributed by atoms with E-state index in [9.17, 15) is 9.59 Å². The van der Waals surface area contributed by atoms with Crippen LogP contribution >= 0.6 is 0 Å². The Hall–Kier alpha value is -1.92. The van der Waals surface area contributed by atoms with E-state index in [1.165, 1.54) is 5.56 Å². The zero-order valence-electron chi connectivity index (χ0n) is 16.7. The minimum absolute atomic E-state index is 0.0649. The minimum Gasteiger partial charge on any atom is -0.480 e. The number of carbonyl (C=O) groups is 2. The van der Waals surface area contributed by atoms with E-state index in [1.807, 2.05) is 37.1 Å². The molecule has 0 aromatic heterocycles. The van der Waals surface area contributed by atoms with Gasteiger partial charge in [0.25, 0.3) is 0 Å². The Balaban J connectivity index is 1.81. The molecule has 27 heavy (non-hydrogen) atoms. The van der Waals surface area contributed by atoms with Gasteiger partial charge >= 0.3 is 5.97 Å². The number of likely N-dealkylation sites (N-methyl/N-ethyl adjacent to an activating group) is 1. The van der Waals surface area contributed by atoms with E-state index < -0.39 is 5.97 Å². The van der Waals surface area contributed by atoms with Crippen LogP contribution in [0.1, 0.15) is 44.6 Å². The first kappa shape index (κ1) is 21.4. The molecule has 0 spiro atoms. The SMILES string of the molecule is CC(CNC(=O)C(C)N1CCCC(N(C)CC(=O)O)CC1)c1ccccc1. The van der Waals surface area contributed by atoms with E-state index in [4.69, 9.17) is 5.11 Å². The first-order valence-electron chi connectivity index (χ1n) is 9.87. The lowest BCUT2D eigenvalue weighted by Crippen LogP contribution is -2.46. The van der Waals surface area contributed by atoms with Crippen LogP contribution in [0.15, 0.2) is 30.3 Å². The first-order chi connectivity index (χ1) is 12.9. The Morgan fingerprint density at radius 1 is 1.22 bits per heavy atom. The molecule has 6 nitrogen and oxygen atoms in total. The smallest absolute Gasteiger partial charge is 0.317 e. The number of carboxylic acids is 1. The molecule has 1 aromatic carbocycles. The highest BCUT2D eigenvalue weighted by Gasteiger charge is 2.27. The predicted octanol–water partition coefficient (Wildman–Crippen LogP) is 2.17. The van der Waals surface area contributed by atoms with Crippen LogP contribution < -0.4 is 5.32 Å². The van der Waals surface area contributed by atoms with Crippen LogP contribution in [0.2, 0.25) is 0 Å². The number of rotatable bonds is 8. The second-order valence-corrected chi connectivity index (χ2v) is 7.66. The van der Waals surface area contributed by atoms with Gasteiger partial charge in [0, 0.05) is 19.1 Å². The van der Waals surface area contributed by atoms with Gasteiger partial charge in [-0.2, -0.15) is 0 Å². The molecule has 6 heteroatoms. The normalized spacial score (nSPS) is 20.7. The van der Waals surface area contributed by atoms with Gasteiger partial charge in [-0.15, -0.1) is 0 Å². The molecule has 0 saturated carbocycles. The summed E-state index contributed by atoms with van der Waals surface area (Å²) in [6.07, 6.45) is 2.84. The molecule has 1 amide bonds. The average molecular weight is 376 g/mol. The third-order valence-corrected chi connectivity index (χ3v) is 5.62. The van der Waals surface area contributed by atoms with Crippen molar-refractivity contribution in [3.63, 3.8) is 0 Å². The second kappa shape index (κ2) is 10.4. The summed E-state index contributed by atoms with van der Waals surface area (Å²) in [6.45, 7) is 6.47. The quantitative estimate of drug-likeness (QED) is 0.728. The van der Waals surface area contributed by atoms with Crippen molar-refractivity contribution in [3.05, 3.63) is 35.9 Å². The fourth-order valence-corrected chi connectivity index (χ4v) is 3.74. The highest BCUT2D eigenvalue weighted by Crippen LogP contribution is 2.18. The lowest BCUT2D eigenvalue weighted by molar-refractivity contribution is -0.138. The number of carbonyl (C=O) groups excluding carboxylic acids is 1. The summed E-state index contributed by atoms with van der Waals surface area (Å²) < 4.78 is 0. The van der Waals surface area contributed by atoms with Gasteiger partial charge in [0.05, 0.1) is 12.6 Å². The summed E-state index contributed by atoms with van der Waals surface area (Å²) in [7, 11) is 1.87.